The molecule has 2 heterocycles. The van der Waals surface area contributed by atoms with Crippen molar-refractivity contribution in [2.75, 3.05) is 0 Å². The maximum Gasteiger partial charge on any atom is 0.123 e. The monoisotopic (exact) mass is 319 g/mol. The van der Waals surface area contributed by atoms with Gasteiger partial charge in [-0.15, -0.1) is 0 Å². The molecule has 24 heavy (non-hydrogen) atoms. The Kier molecular flexibility index (Phi) is 3.54. The van der Waals surface area contributed by atoms with E-state index in [1.54, 1.807) is 4.68 Å². The van der Waals surface area contributed by atoms with E-state index in [2.05, 4.69) is 23.2 Å². The summed E-state index contributed by atoms with van der Waals surface area (Å²) in [6.45, 7) is 2.06. The van der Waals surface area contributed by atoms with E-state index in [-0.39, 0.29) is 6.10 Å². The third kappa shape index (κ3) is 2.54. The van der Waals surface area contributed by atoms with Gasteiger partial charge >= 0.3 is 0 Å². The number of rotatable bonds is 3. The highest BCUT2D eigenvalue weighted by molar-refractivity contribution is 5.88. The molecule has 5 nitrogen and oxygen atoms in total. The van der Waals surface area contributed by atoms with E-state index in [1.807, 2.05) is 48.7 Å². The lowest BCUT2D eigenvalue weighted by molar-refractivity contribution is 0.254. The average molecular weight is 319 g/mol. The zero-order valence-electron chi connectivity index (χ0n) is 13.3. The first-order valence-electron chi connectivity index (χ1n) is 7.87. The summed E-state index contributed by atoms with van der Waals surface area (Å²) in [6.07, 6.45) is 4.37. The van der Waals surface area contributed by atoms with Gasteiger partial charge in [-0.2, -0.15) is 5.10 Å². The minimum absolute atomic E-state index is 0.204. The zero-order valence-corrected chi connectivity index (χ0v) is 13.3. The third-order valence-corrected chi connectivity index (χ3v) is 4.13. The number of aromatic nitrogens is 2. The second-order valence-electron chi connectivity index (χ2n) is 5.91. The first kappa shape index (κ1) is 14.5. The van der Waals surface area contributed by atoms with Gasteiger partial charge in [0.15, 0.2) is 0 Å². The van der Waals surface area contributed by atoms with Gasteiger partial charge in [0, 0.05) is 23.7 Å². The Morgan fingerprint density at radius 3 is 2.88 bits per heavy atom. The van der Waals surface area contributed by atoms with E-state index in [1.165, 1.54) is 11.8 Å². The molecule has 2 aromatic carbocycles. The van der Waals surface area contributed by atoms with E-state index in [9.17, 15) is 0 Å². The third-order valence-electron chi connectivity index (χ3n) is 4.13. The Labute approximate surface area is 139 Å². The van der Waals surface area contributed by atoms with E-state index >= 15 is 0 Å². The van der Waals surface area contributed by atoms with Crippen molar-refractivity contribution < 1.29 is 9.94 Å². The van der Waals surface area contributed by atoms with Gasteiger partial charge in [0.25, 0.3) is 0 Å². The molecular weight excluding hydrogens is 302 g/mol. The molecule has 0 bridgehead atoms. The van der Waals surface area contributed by atoms with Crippen LogP contribution in [0.15, 0.2) is 59.9 Å². The SMILES string of the molecule is CC1Cc2cc(-c3nn(-c4ccccc4)cc3/C=N/O)ccc2O1. The normalized spacial score (nSPS) is 16.3. The van der Waals surface area contributed by atoms with Crippen molar-refractivity contribution in [3.63, 3.8) is 0 Å². The Morgan fingerprint density at radius 1 is 1.25 bits per heavy atom. The highest BCUT2D eigenvalue weighted by Crippen LogP contribution is 2.33. The minimum atomic E-state index is 0.204. The zero-order chi connectivity index (χ0) is 16.5. The van der Waals surface area contributed by atoms with Gasteiger partial charge in [0.1, 0.15) is 17.5 Å². The highest BCUT2D eigenvalue weighted by atomic mass is 16.5. The lowest BCUT2D eigenvalue weighted by atomic mass is 10.0. The number of ether oxygens (including phenoxy) is 1. The van der Waals surface area contributed by atoms with Crippen molar-refractivity contribution in [2.45, 2.75) is 19.4 Å². The molecular formula is C19H17N3O2. The Bertz CT molecular complexity index is 900. The first-order valence-corrected chi connectivity index (χ1v) is 7.87. The summed E-state index contributed by atoms with van der Waals surface area (Å²) < 4.78 is 7.55. The van der Waals surface area contributed by atoms with Crippen molar-refractivity contribution in [1.29, 1.82) is 0 Å². The van der Waals surface area contributed by atoms with Crippen LogP contribution in [0.2, 0.25) is 0 Å². The Morgan fingerprint density at radius 2 is 2.08 bits per heavy atom. The fourth-order valence-electron chi connectivity index (χ4n) is 3.05. The Hall–Kier alpha value is -3.08. The maximum atomic E-state index is 8.97. The van der Waals surface area contributed by atoms with E-state index in [4.69, 9.17) is 9.94 Å². The summed E-state index contributed by atoms with van der Waals surface area (Å²) >= 11 is 0. The van der Waals surface area contributed by atoms with Crippen LogP contribution in [0.5, 0.6) is 5.75 Å². The van der Waals surface area contributed by atoms with Crippen molar-refractivity contribution >= 4 is 6.21 Å². The highest BCUT2D eigenvalue weighted by Gasteiger charge is 2.20. The van der Waals surface area contributed by atoms with Crippen molar-refractivity contribution in [1.82, 2.24) is 9.78 Å². The van der Waals surface area contributed by atoms with E-state index in [0.717, 1.165) is 34.7 Å². The van der Waals surface area contributed by atoms with Gasteiger partial charge in [-0.1, -0.05) is 23.4 Å². The molecule has 1 N–H and O–H groups in total. The number of para-hydroxylation sites is 1. The van der Waals surface area contributed by atoms with Crippen LogP contribution >= 0.6 is 0 Å². The standard InChI is InChI=1S/C19H17N3O2/c1-13-9-15-10-14(7-8-18(15)24-13)19-16(11-20-23)12-22(21-19)17-5-3-2-4-6-17/h2-8,10-13,23H,9H2,1H3/b20-11+. The lowest BCUT2D eigenvalue weighted by Crippen LogP contribution is -2.05. The van der Waals surface area contributed by atoms with Crippen molar-refractivity contribution in [3.8, 4) is 22.7 Å². The van der Waals surface area contributed by atoms with Crippen molar-refractivity contribution in [2.24, 2.45) is 5.16 Å². The second kappa shape index (κ2) is 5.85. The number of hydrogen-bond acceptors (Lipinski definition) is 4. The summed E-state index contributed by atoms with van der Waals surface area (Å²) in [7, 11) is 0. The molecule has 0 amide bonds. The van der Waals surface area contributed by atoms with Gasteiger partial charge in [-0.25, -0.2) is 4.68 Å². The molecule has 0 radical (unpaired) electrons. The van der Waals surface area contributed by atoms with Crippen LogP contribution in [0, 0.1) is 0 Å². The molecule has 1 atom stereocenters. The summed E-state index contributed by atoms with van der Waals surface area (Å²) in [5.41, 5.74) is 4.65. The fraction of sp³-hybridized carbons (Fsp3) is 0.158. The van der Waals surface area contributed by atoms with Gasteiger partial charge in [-0.3, -0.25) is 0 Å². The molecule has 0 aliphatic carbocycles. The molecule has 1 aromatic heterocycles. The molecule has 0 spiro atoms. The lowest BCUT2D eigenvalue weighted by Gasteiger charge is -2.03. The van der Waals surface area contributed by atoms with Crippen LogP contribution in [0.4, 0.5) is 0 Å². The summed E-state index contributed by atoms with van der Waals surface area (Å²) in [6, 6.07) is 15.9. The molecule has 1 unspecified atom stereocenters. The fourth-order valence-corrected chi connectivity index (χ4v) is 3.05. The number of benzene rings is 2. The summed E-state index contributed by atoms with van der Waals surface area (Å²) in [5, 5.41) is 16.8. The van der Waals surface area contributed by atoms with Gasteiger partial charge < -0.3 is 9.94 Å². The smallest absolute Gasteiger partial charge is 0.123 e. The molecule has 3 aromatic rings. The summed E-state index contributed by atoms with van der Waals surface area (Å²) in [5.74, 6) is 0.936. The molecule has 0 fully saturated rings. The number of hydrogen-bond donors (Lipinski definition) is 1. The average Bonchev–Trinajstić information content (AvgIpc) is 3.18. The molecule has 0 saturated carbocycles. The maximum absolute atomic E-state index is 8.97. The first-order chi connectivity index (χ1) is 11.7. The largest absolute Gasteiger partial charge is 0.490 e. The molecule has 120 valence electrons. The molecule has 0 saturated heterocycles. The minimum Gasteiger partial charge on any atom is -0.490 e. The second-order valence-corrected chi connectivity index (χ2v) is 5.91. The number of nitrogens with zero attached hydrogens (tertiary/aromatic N) is 3. The predicted molar refractivity (Wildman–Crippen MR) is 92.2 cm³/mol. The van der Waals surface area contributed by atoms with Crippen LogP contribution in [0.3, 0.4) is 0 Å². The van der Waals surface area contributed by atoms with E-state index < -0.39 is 0 Å². The topological polar surface area (TPSA) is 59.6 Å². The van der Waals surface area contributed by atoms with Crippen molar-refractivity contribution in [3.05, 3.63) is 65.9 Å². The van der Waals surface area contributed by atoms with E-state index in [0.29, 0.717) is 0 Å². The summed E-state index contributed by atoms with van der Waals surface area (Å²) in [4.78, 5) is 0. The number of oxime groups is 1. The van der Waals surface area contributed by atoms with Crippen LogP contribution in [0.1, 0.15) is 18.1 Å². The van der Waals surface area contributed by atoms with Gasteiger partial charge in [0.05, 0.1) is 11.9 Å². The predicted octanol–water partition coefficient (Wildman–Crippen LogP) is 3.67. The molecule has 5 heteroatoms. The number of fused-ring (bicyclic) bond motifs is 1. The molecule has 1 aliphatic rings. The molecule has 4 rings (SSSR count). The Balaban J connectivity index is 1.80. The van der Waals surface area contributed by atoms with Gasteiger partial charge in [0.2, 0.25) is 0 Å². The molecule has 1 aliphatic heterocycles. The van der Waals surface area contributed by atoms with Gasteiger partial charge in [-0.05, 0) is 42.8 Å². The van der Waals surface area contributed by atoms with Crippen LogP contribution in [0.25, 0.3) is 16.9 Å². The van der Waals surface area contributed by atoms with Crippen LogP contribution in [-0.4, -0.2) is 27.3 Å². The quantitative estimate of drug-likeness (QED) is 0.455. The van der Waals surface area contributed by atoms with Crippen LogP contribution < -0.4 is 4.74 Å². The van der Waals surface area contributed by atoms with Crippen LogP contribution in [-0.2, 0) is 6.42 Å².